The number of carbonyl (C=O) groups excluding carboxylic acids is 4. The minimum absolute atomic E-state index is 0.112. The second kappa shape index (κ2) is 7.03. The highest BCUT2D eigenvalue weighted by atomic mass is 16.2. The first-order valence-corrected chi connectivity index (χ1v) is 10.1. The average Bonchev–Trinajstić information content (AvgIpc) is 3.15. The van der Waals surface area contributed by atoms with Gasteiger partial charge in [0.25, 0.3) is 11.8 Å². The molecule has 3 aliphatic heterocycles. The van der Waals surface area contributed by atoms with Gasteiger partial charge < -0.3 is 5.73 Å². The fourth-order valence-electron chi connectivity index (χ4n) is 4.42. The molecule has 1 aromatic carbocycles. The Morgan fingerprint density at radius 3 is 2.55 bits per heavy atom. The number of carbonyl (C=O) groups is 4. The number of rotatable bonds is 4. The first kappa shape index (κ1) is 19.7. The Kier molecular flexibility index (Phi) is 4.78. The van der Waals surface area contributed by atoms with Crippen LogP contribution >= 0.6 is 0 Å². The monoisotopic (exact) mass is 398 g/mol. The molecule has 2 atom stereocenters. The van der Waals surface area contributed by atoms with Crippen molar-refractivity contribution in [1.82, 2.24) is 15.1 Å². The van der Waals surface area contributed by atoms with E-state index in [4.69, 9.17) is 5.73 Å². The minimum Gasteiger partial charge on any atom is -0.324 e. The van der Waals surface area contributed by atoms with Crippen LogP contribution in [0.3, 0.4) is 0 Å². The number of amides is 4. The molecular formula is C21H26N4O4. The molecule has 0 spiro atoms. The summed E-state index contributed by atoms with van der Waals surface area (Å²) < 4.78 is 0. The number of hydrogen-bond acceptors (Lipinski definition) is 6. The van der Waals surface area contributed by atoms with Crippen LogP contribution < -0.4 is 11.1 Å². The molecule has 8 nitrogen and oxygen atoms in total. The molecule has 0 aliphatic carbocycles. The molecule has 3 N–H and O–H groups in total. The van der Waals surface area contributed by atoms with E-state index in [9.17, 15) is 19.2 Å². The summed E-state index contributed by atoms with van der Waals surface area (Å²) in [7, 11) is 0. The summed E-state index contributed by atoms with van der Waals surface area (Å²) in [5.74, 6) is -1.55. The minimum atomic E-state index is -0.939. The maximum atomic E-state index is 12.9. The molecule has 2 saturated heterocycles. The van der Waals surface area contributed by atoms with Crippen molar-refractivity contribution in [3.8, 4) is 0 Å². The van der Waals surface area contributed by atoms with Gasteiger partial charge in [-0.25, -0.2) is 0 Å². The Morgan fingerprint density at radius 1 is 1.17 bits per heavy atom. The van der Waals surface area contributed by atoms with Crippen LogP contribution in [0, 0.1) is 5.92 Å². The van der Waals surface area contributed by atoms with E-state index < -0.39 is 23.8 Å². The van der Waals surface area contributed by atoms with Crippen LogP contribution in [0.25, 0.3) is 0 Å². The Hall–Kier alpha value is -2.58. The fourth-order valence-corrected chi connectivity index (χ4v) is 4.42. The predicted molar refractivity (Wildman–Crippen MR) is 105 cm³/mol. The van der Waals surface area contributed by atoms with E-state index in [2.05, 4.69) is 24.1 Å². The van der Waals surface area contributed by atoms with Gasteiger partial charge in [-0.3, -0.25) is 34.3 Å². The molecular weight excluding hydrogens is 372 g/mol. The lowest BCUT2D eigenvalue weighted by molar-refractivity contribution is -0.136. The lowest BCUT2D eigenvalue weighted by Crippen LogP contribution is -2.54. The number of nitrogens with zero attached hydrogens (tertiary/aromatic N) is 2. The van der Waals surface area contributed by atoms with Crippen LogP contribution in [0.2, 0.25) is 0 Å². The van der Waals surface area contributed by atoms with Gasteiger partial charge in [0.05, 0.1) is 11.1 Å². The van der Waals surface area contributed by atoms with Crippen molar-refractivity contribution in [3.05, 3.63) is 34.9 Å². The van der Waals surface area contributed by atoms with Crippen LogP contribution in [-0.2, 0) is 16.1 Å². The van der Waals surface area contributed by atoms with Crippen LogP contribution in [0.5, 0.6) is 0 Å². The largest absolute Gasteiger partial charge is 0.324 e. The smallest absolute Gasteiger partial charge is 0.262 e. The standard InChI is InChI=1S/C21H26N4O4/c1-12(2)21(22)7-8-24(11-21)10-13-3-4-14-15(9-13)20(29)25(19(14)28)16-5-6-17(26)23-18(16)27/h3-4,9,12,16H,5-8,10-11,22H2,1-2H3,(H,23,26,27). The third-order valence-electron chi connectivity index (χ3n) is 6.47. The normalized spacial score (nSPS) is 27.7. The van der Waals surface area contributed by atoms with Crippen molar-refractivity contribution in [2.45, 2.75) is 51.2 Å². The number of nitrogens with two attached hydrogens (primary N) is 1. The number of piperidine rings is 1. The molecule has 29 heavy (non-hydrogen) atoms. The van der Waals surface area contributed by atoms with E-state index in [1.165, 1.54) is 0 Å². The Bertz CT molecular complexity index is 912. The van der Waals surface area contributed by atoms with E-state index in [-0.39, 0.29) is 24.3 Å². The Labute approximate surface area is 169 Å². The van der Waals surface area contributed by atoms with Crippen molar-refractivity contribution in [3.63, 3.8) is 0 Å². The third kappa shape index (κ3) is 3.36. The molecule has 0 saturated carbocycles. The average molecular weight is 398 g/mol. The summed E-state index contributed by atoms with van der Waals surface area (Å²) in [5.41, 5.74) is 7.85. The van der Waals surface area contributed by atoms with Gasteiger partial charge in [0.15, 0.2) is 0 Å². The number of likely N-dealkylation sites (tertiary alicyclic amines) is 1. The molecule has 0 radical (unpaired) electrons. The number of nitrogens with one attached hydrogen (secondary N) is 1. The number of imide groups is 2. The van der Waals surface area contributed by atoms with Crippen molar-refractivity contribution < 1.29 is 19.2 Å². The van der Waals surface area contributed by atoms with E-state index in [1.54, 1.807) is 12.1 Å². The second-order valence-electron chi connectivity index (χ2n) is 8.68. The van der Waals surface area contributed by atoms with Crippen LogP contribution in [-0.4, -0.2) is 58.1 Å². The molecule has 4 rings (SSSR count). The number of fused-ring (bicyclic) bond motifs is 1. The molecule has 1 aromatic rings. The lowest BCUT2D eigenvalue weighted by Gasteiger charge is -2.29. The summed E-state index contributed by atoms with van der Waals surface area (Å²) in [6.45, 7) is 6.59. The van der Waals surface area contributed by atoms with Crippen molar-refractivity contribution in [2.75, 3.05) is 13.1 Å². The van der Waals surface area contributed by atoms with Gasteiger partial charge in [-0.2, -0.15) is 0 Å². The summed E-state index contributed by atoms with van der Waals surface area (Å²) in [6.07, 6.45) is 1.20. The number of hydrogen-bond donors (Lipinski definition) is 2. The maximum absolute atomic E-state index is 12.9. The zero-order chi connectivity index (χ0) is 20.9. The molecule has 0 aromatic heterocycles. The van der Waals surface area contributed by atoms with Crippen LogP contribution in [0.4, 0.5) is 0 Å². The Morgan fingerprint density at radius 2 is 1.90 bits per heavy atom. The van der Waals surface area contributed by atoms with Crippen molar-refractivity contribution >= 4 is 23.6 Å². The predicted octanol–water partition coefficient (Wildman–Crippen LogP) is 0.647. The molecule has 154 valence electrons. The highest BCUT2D eigenvalue weighted by molar-refractivity contribution is 6.23. The topological polar surface area (TPSA) is 113 Å². The second-order valence-corrected chi connectivity index (χ2v) is 8.68. The zero-order valence-electron chi connectivity index (χ0n) is 16.7. The van der Waals surface area contributed by atoms with Crippen LogP contribution in [0.15, 0.2) is 18.2 Å². The summed E-state index contributed by atoms with van der Waals surface area (Å²) in [4.78, 5) is 52.5. The molecule has 2 fully saturated rings. The van der Waals surface area contributed by atoms with Gasteiger partial charge in [-0.1, -0.05) is 19.9 Å². The molecule has 0 bridgehead atoms. The fraction of sp³-hybridized carbons (Fsp3) is 0.524. The zero-order valence-corrected chi connectivity index (χ0v) is 16.7. The lowest BCUT2D eigenvalue weighted by atomic mass is 9.87. The van der Waals surface area contributed by atoms with Gasteiger partial charge in [0, 0.05) is 31.6 Å². The number of benzene rings is 1. The molecule has 4 amide bonds. The maximum Gasteiger partial charge on any atom is 0.262 e. The molecule has 3 heterocycles. The first-order chi connectivity index (χ1) is 13.7. The third-order valence-corrected chi connectivity index (χ3v) is 6.47. The van der Waals surface area contributed by atoms with E-state index in [0.29, 0.717) is 23.6 Å². The van der Waals surface area contributed by atoms with E-state index in [0.717, 1.165) is 30.0 Å². The van der Waals surface area contributed by atoms with Gasteiger partial charge in [0.2, 0.25) is 11.8 Å². The van der Waals surface area contributed by atoms with E-state index >= 15 is 0 Å². The van der Waals surface area contributed by atoms with Gasteiger partial charge in [0.1, 0.15) is 6.04 Å². The SMILES string of the molecule is CC(C)C1(N)CCN(Cc2ccc3c(c2)C(=O)N(C2CCC(=O)NC2=O)C3=O)C1. The highest BCUT2D eigenvalue weighted by Gasteiger charge is 2.44. The van der Waals surface area contributed by atoms with E-state index in [1.807, 2.05) is 6.07 Å². The molecule has 2 unspecified atom stereocenters. The highest BCUT2D eigenvalue weighted by Crippen LogP contribution is 2.30. The molecule has 8 heteroatoms. The Balaban J connectivity index is 1.52. The van der Waals surface area contributed by atoms with Crippen molar-refractivity contribution in [1.29, 1.82) is 0 Å². The summed E-state index contributed by atoms with van der Waals surface area (Å²) >= 11 is 0. The molecule has 3 aliphatic rings. The quantitative estimate of drug-likeness (QED) is 0.720. The summed E-state index contributed by atoms with van der Waals surface area (Å²) in [6, 6.07) is 4.31. The van der Waals surface area contributed by atoms with Crippen molar-refractivity contribution in [2.24, 2.45) is 11.7 Å². The van der Waals surface area contributed by atoms with Crippen LogP contribution in [0.1, 0.15) is 59.4 Å². The van der Waals surface area contributed by atoms with Gasteiger partial charge >= 0.3 is 0 Å². The van der Waals surface area contributed by atoms with Gasteiger partial charge in [-0.15, -0.1) is 0 Å². The summed E-state index contributed by atoms with van der Waals surface area (Å²) in [5, 5.41) is 2.21. The first-order valence-electron chi connectivity index (χ1n) is 10.1. The van der Waals surface area contributed by atoms with Gasteiger partial charge in [-0.05, 0) is 36.5 Å².